The first-order valence-corrected chi connectivity index (χ1v) is 8.78. The fraction of sp³-hybridized carbons (Fsp3) is 0.211. The summed E-state index contributed by atoms with van der Waals surface area (Å²) in [5, 5.41) is 0. The van der Waals surface area contributed by atoms with Gasteiger partial charge in [-0.05, 0) is 48.4 Å². The number of nitrogens with zero attached hydrogens (tertiary/aromatic N) is 2. The SMILES string of the molecule is COc1ccc(C2=NC(=O)C3Cc4cc(Br)ccc4OC3=N2)cc1OC. The maximum Gasteiger partial charge on any atom is 0.260 e. The first kappa shape index (κ1) is 16.8. The molecule has 0 saturated carbocycles. The largest absolute Gasteiger partial charge is 0.493 e. The Bertz CT molecular complexity index is 968. The van der Waals surface area contributed by atoms with Crippen LogP contribution in [-0.2, 0) is 11.2 Å². The van der Waals surface area contributed by atoms with Gasteiger partial charge in [-0.25, -0.2) is 0 Å². The van der Waals surface area contributed by atoms with Crippen molar-refractivity contribution in [3.05, 3.63) is 52.0 Å². The van der Waals surface area contributed by atoms with Gasteiger partial charge in [0.25, 0.3) is 5.91 Å². The molecule has 2 aromatic carbocycles. The van der Waals surface area contributed by atoms with E-state index < -0.39 is 5.92 Å². The highest BCUT2D eigenvalue weighted by Gasteiger charge is 2.36. The minimum Gasteiger partial charge on any atom is -0.493 e. The average Bonchev–Trinajstić information content (AvgIpc) is 2.66. The average molecular weight is 415 g/mol. The van der Waals surface area contributed by atoms with Crippen LogP contribution in [0.5, 0.6) is 17.2 Å². The smallest absolute Gasteiger partial charge is 0.260 e. The molecule has 1 atom stereocenters. The molecule has 1 amide bonds. The Morgan fingerprint density at radius 1 is 1.08 bits per heavy atom. The Morgan fingerprint density at radius 3 is 2.65 bits per heavy atom. The lowest BCUT2D eigenvalue weighted by Crippen LogP contribution is -2.37. The lowest BCUT2D eigenvalue weighted by molar-refractivity contribution is -0.120. The number of methoxy groups -OCH3 is 2. The third-order valence-electron chi connectivity index (χ3n) is 4.33. The number of halogens is 1. The van der Waals surface area contributed by atoms with Crippen molar-refractivity contribution in [2.75, 3.05) is 14.2 Å². The van der Waals surface area contributed by atoms with Crippen molar-refractivity contribution in [1.29, 1.82) is 0 Å². The number of fused-ring (bicyclic) bond motifs is 2. The van der Waals surface area contributed by atoms with Crippen LogP contribution in [0.4, 0.5) is 0 Å². The van der Waals surface area contributed by atoms with E-state index in [1.165, 1.54) is 0 Å². The van der Waals surface area contributed by atoms with E-state index in [-0.39, 0.29) is 5.91 Å². The van der Waals surface area contributed by atoms with Gasteiger partial charge >= 0.3 is 0 Å². The highest BCUT2D eigenvalue weighted by Crippen LogP contribution is 2.34. The Morgan fingerprint density at radius 2 is 1.88 bits per heavy atom. The summed E-state index contributed by atoms with van der Waals surface area (Å²) in [4.78, 5) is 21.2. The number of amidine groups is 1. The molecule has 0 aliphatic carbocycles. The molecule has 2 heterocycles. The van der Waals surface area contributed by atoms with Crippen molar-refractivity contribution in [3.63, 3.8) is 0 Å². The van der Waals surface area contributed by atoms with E-state index in [0.29, 0.717) is 41.0 Å². The lowest BCUT2D eigenvalue weighted by Gasteiger charge is -2.27. The van der Waals surface area contributed by atoms with E-state index in [1.807, 2.05) is 18.2 Å². The third kappa shape index (κ3) is 2.88. The highest BCUT2D eigenvalue weighted by atomic mass is 79.9. The summed E-state index contributed by atoms with van der Waals surface area (Å²) in [6.07, 6.45) is 0.523. The fourth-order valence-corrected chi connectivity index (χ4v) is 3.42. The predicted octanol–water partition coefficient (Wildman–Crippen LogP) is 3.40. The molecule has 7 heteroatoms. The van der Waals surface area contributed by atoms with E-state index in [0.717, 1.165) is 10.0 Å². The molecule has 2 aliphatic heterocycles. The number of aliphatic imine (C=N–C) groups is 2. The van der Waals surface area contributed by atoms with Crippen LogP contribution in [0.1, 0.15) is 11.1 Å². The number of hydrogen-bond acceptors (Lipinski definition) is 5. The first-order valence-electron chi connectivity index (χ1n) is 7.99. The quantitative estimate of drug-likeness (QED) is 0.771. The van der Waals surface area contributed by atoms with Crippen molar-refractivity contribution in [1.82, 2.24) is 0 Å². The normalized spacial score (nSPS) is 18.1. The van der Waals surface area contributed by atoms with Gasteiger partial charge in [0.15, 0.2) is 17.3 Å². The van der Waals surface area contributed by atoms with Gasteiger partial charge in [0, 0.05) is 10.0 Å². The third-order valence-corrected chi connectivity index (χ3v) is 4.82. The van der Waals surface area contributed by atoms with Gasteiger partial charge in [-0.2, -0.15) is 9.98 Å². The van der Waals surface area contributed by atoms with E-state index in [4.69, 9.17) is 14.2 Å². The van der Waals surface area contributed by atoms with Gasteiger partial charge in [0.1, 0.15) is 11.7 Å². The van der Waals surface area contributed by atoms with Crippen molar-refractivity contribution < 1.29 is 19.0 Å². The monoisotopic (exact) mass is 414 g/mol. The summed E-state index contributed by atoms with van der Waals surface area (Å²) in [6, 6.07) is 11.0. The highest BCUT2D eigenvalue weighted by molar-refractivity contribution is 9.10. The summed E-state index contributed by atoms with van der Waals surface area (Å²) in [5.41, 5.74) is 1.62. The standard InChI is InChI=1S/C19H15BrN2O4/c1-24-15-5-3-10(9-16(15)25-2)17-21-18(23)13-8-11-7-12(20)4-6-14(11)26-19(13)22-17/h3-7,9,13H,8H2,1-2H3. The van der Waals surface area contributed by atoms with Gasteiger partial charge < -0.3 is 14.2 Å². The lowest BCUT2D eigenvalue weighted by atomic mass is 9.94. The molecular formula is C19H15BrN2O4. The zero-order valence-electron chi connectivity index (χ0n) is 14.2. The molecule has 0 aromatic heterocycles. The van der Waals surface area contributed by atoms with Crippen LogP contribution in [0, 0.1) is 5.92 Å². The Kier molecular flexibility index (Phi) is 4.24. The Balaban J connectivity index is 1.71. The summed E-state index contributed by atoms with van der Waals surface area (Å²) in [5.74, 6) is 1.79. The van der Waals surface area contributed by atoms with Crippen LogP contribution in [0.15, 0.2) is 50.9 Å². The van der Waals surface area contributed by atoms with Crippen LogP contribution in [-0.4, -0.2) is 31.9 Å². The number of carbonyl (C=O) groups is 1. The molecule has 0 bridgehead atoms. The van der Waals surface area contributed by atoms with Crippen LogP contribution in [0.2, 0.25) is 0 Å². The second-order valence-electron chi connectivity index (χ2n) is 5.90. The molecule has 0 saturated heterocycles. The molecule has 0 spiro atoms. The van der Waals surface area contributed by atoms with Crippen molar-refractivity contribution >= 4 is 33.6 Å². The number of benzene rings is 2. The molecule has 1 unspecified atom stereocenters. The van der Waals surface area contributed by atoms with Crippen LogP contribution in [0.25, 0.3) is 0 Å². The van der Waals surface area contributed by atoms with Crippen LogP contribution >= 0.6 is 15.9 Å². The summed E-state index contributed by atoms with van der Waals surface area (Å²) >= 11 is 3.44. The molecule has 0 fully saturated rings. The molecule has 4 rings (SSSR count). The maximum atomic E-state index is 12.6. The topological polar surface area (TPSA) is 69.5 Å². The first-order chi connectivity index (χ1) is 12.6. The number of ether oxygens (including phenoxy) is 3. The minimum absolute atomic E-state index is 0.259. The Labute approximate surface area is 158 Å². The molecule has 0 radical (unpaired) electrons. The molecule has 6 nitrogen and oxygen atoms in total. The molecular weight excluding hydrogens is 400 g/mol. The Hall–Kier alpha value is -2.67. The van der Waals surface area contributed by atoms with Gasteiger partial charge in [-0.15, -0.1) is 0 Å². The summed E-state index contributed by atoms with van der Waals surface area (Å²) in [7, 11) is 3.12. The number of rotatable bonds is 3. The van der Waals surface area contributed by atoms with Crippen molar-refractivity contribution in [3.8, 4) is 17.2 Å². The van der Waals surface area contributed by atoms with E-state index in [1.54, 1.807) is 32.4 Å². The zero-order valence-corrected chi connectivity index (χ0v) is 15.7. The van der Waals surface area contributed by atoms with E-state index >= 15 is 0 Å². The van der Waals surface area contributed by atoms with Crippen LogP contribution in [0.3, 0.4) is 0 Å². The molecule has 2 aliphatic rings. The minimum atomic E-state index is -0.485. The van der Waals surface area contributed by atoms with Crippen LogP contribution < -0.4 is 14.2 Å². The van der Waals surface area contributed by atoms with Gasteiger partial charge in [0.2, 0.25) is 5.90 Å². The zero-order chi connectivity index (χ0) is 18.3. The second kappa shape index (κ2) is 6.57. The molecule has 2 aromatic rings. The molecule has 26 heavy (non-hydrogen) atoms. The summed E-state index contributed by atoms with van der Waals surface area (Å²) < 4.78 is 17.4. The number of carbonyl (C=O) groups excluding carboxylic acids is 1. The summed E-state index contributed by atoms with van der Waals surface area (Å²) in [6.45, 7) is 0. The molecule has 132 valence electrons. The van der Waals surface area contributed by atoms with Crippen molar-refractivity contribution in [2.45, 2.75) is 6.42 Å². The number of hydrogen-bond donors (Lipinski definition) is 0. The van der Waals surface area contributed by atoms with Gasteiger partial charge in [0.05, 0.1) is 14.2 Å². The predicted molar refractivity (Wildman–Crippen MR) is 100 cm³/mol. The van der Waals surface area contributed by atoms with Gasteiger partial charge in [-0.3, -0.25) is 4.79 Å². The fourth-order valence-electron chi connectivity index (χ4n) is 3.01. The maximum absolute atomic E-state index is 12.6. The number of amides is 1. The van der Waals surface area contributed by atoms with Crippen molar-refractivity contribution in [2.24, 2.45) is 15.9 Å². The van der Waals surface area contributed by atoms with Gasteiger partial charge in [-0.1, -0.05) is 15.9 Å². The van der Waals surface area contributed by atoms with E-state index in [9.17, 15) is 4.79 Å². The second-order valence-corrected chi connectivity index (χ2v) is 6.82. The molecule has 0 N–H and O–H groups in total. The van der Waals surface area contributed by atoms with E-state index in [2.05, 4.69) is 25.9 Å².